The summed E-state index contributed by atoms with van der Waals surface area (Å²) in [6.07, 6.45) is -4.94. The van der Waals surface area contributed by atoms with Crippen LogP contribution in [0.15, 0.2) is 24.3 Å². The first kappa shape index (κ1) is 59.8. The predicted octanol–water partition coefficient (Wildman–Crippen LogP) is 3.13. The van der Waals surface area contributed by atoms with Gasteiger partial charge in [0.25, 0.3) is 0 Å². The van der Waals surface area contributed by atoms with Crippen LogP contribution in [0.2, 0.25) is 0 Å². The Bertz CT molecular complexity index is 1830. The molecule has 16 nitrogen and oxygen atoms in total. The van der Waals surface area contributed by atoms with Crippen LogP contribution in [0.5, 0.6) is 0 Å². The van der Waals surface area contributed by atoms with E-state index in [0.29, 0.717) is 5.57 Å². The molecule has 1 N–H and O–H groups in total. The molecule has 22 heteroatoms. The molecule has 0 aromatic carbocycles. The zero-order valence-electron chi connectivity index (χ0n) is 36.5. The molecule has 6 rings (SSSR count). The van der Waals surface area contributed by atoms with Crippen molar-refractivity contribution in [3.05, 3.63) is 24.3 Å². The third-order valence-electron chi connectivity index (χ3n) is 14.4. The molecule has 5 fully saturated rings. The number of hydrogen-bond donors (Lipinski definition) is 1. The number of fused-ring (bicyclic) bond motifs is 9. The van der Waals surface area contributed by atoms with Crippen molar-refractivity contribution in [1.82, 2.24) is 0 Å². The molecule has 1 saturated heterocycles. The fourth-order valence-electron chi connectivity index (χ4n) is 12.6. The number of epoxide rings is 1. The van der Waals surface area contributed by atoms with Crippen molar-refractivity contribution in [3.63, 3.8) is 0 Å². The highest BCUT2D eigenvalue weighted by molar-refractivity contribution is 7.60. The highest BCUT2D eigenvalue weighted by atomic mass is 32.1. The van der Waals surface area contributed by atoms with Crippen molar-refractivity contribution in [2.45, 2.75) is 129 Å². The van der Waals surface area contributed by atoms with Gasteiger partial charge in [0.2, 0.25) is 5.60 Å². The molecule has 62 heavy (non-hydrogen) atoms. The minimum absolute atomic E-state index is 0. The zero-order valence-corrected chi connectivity index (χ0v) is 42.5. The van der Waals surface area contributed by atoms with Crippen LogP contribution in [-0.2, 0) is 71.5 Å². The van der Waals surface area contributed by atoms with Gasteiger partial charge in [0.05, 0.1) is 23.5 Å². The first-order chi connectivity index (χ1) is 25.9. The second kappa shape index (κ2) is 20.1. The molecule has 1 unspecified atom stereocenters. The van der Waals surface area contributed by atoms with Crippen molar-refractivity contribution in [3.8, 4) is 0 Å². The zero-order chi connectivity index (χ0) is 41.7. The Labute approximate surface area is 404 Å². The molecular formula is C40H64O16S6. The smallest absolute Gasteiger partial charge is 0.342 e. The summed E-state index contributed by atoms with van der Waals surface area (Å²) in [5.74, 6) is -8.32. The molecule has 2 heterocycles. The second-order valence-corrected chi connectivity index (χ2v) is 17.1. The Hall–Kier alpha value is -2.21. The van der Waals surface area contributed by atoms with Gasteiger partial charge in [0.15, 0.2) is 12.2 Å². The molecule has 0 aromatic rings. The van der Waals surface area contributed by atoms with Crippen LogP contribution in [0.25, 0.3) is 0 Å². The Morgan fingerprint density at radius 1 is 0.806 bits per heavy atom. The van der Waals surface area contributed by atoms with E-state index >= 15 is 0 Å². The largest absolute Gasteiger partial charge is 0.467 e. The van der Waals surface area contributed by atoms with Crippen molar-refractivity contribution >= 4 is 123 Å². The highest BCUT2D eigenvalue weighted by Crippen LogP contribution is 2.78. The van der Waals surface area contributed by atoms with Gasteiger partial charge >= 0.3 is 41.8 Å². The van der Waals surface area contributed by atoms with Crippen LogP contribution in [-0.4, -0.2) is 108 Å². The number of rotatable bonds is 7. The summed E-state index contributed by atoms with van der Waals surface area (Å²) in [6.45, 7) is 16.4. The predicted molar refractivity (Wildman–Crippen MR) is 251 cm³/mol. The van der Waals surface area contributed by atoms with Crippen LogP contribution >= 0.6 is 81.0 Å². The number of hydrogen-bond acceptors (Lipinski definition) is 16. The molecule has 4 aliphatic carbocycles. The molecule has 0 radical (unpaired) electrons. The van der Waals surface area contributed by atoms with Crippen LogP contribution in [0.3, 0.4) is 0 Å². The van der Waals surface area contributed by atoms with Gasteiger partial charge in [0, 0.05) is 58.4 Å². The van der Waals surface area contributed by atoms with Crippen LogP contribution < -0.4 is 0 Å². The van der Waals surface area contributed by atoms with Gasteiger partial charge in [-0.3, -0.25) is 24.0 Å². The lowest BCUT2D eigenvalue weighted by Crippen LogP contribution is -2.84. The number of allylic oxidation sites excluding steroid dienone is 1. The van der Waals surface area contributed by atoms with Crippen LogP contribution in [0.4, 0.5) is 0 Å². The summed E-state index contributed by atoms with van der Waals surface area (Å²) >= 11 is 0. The van der Waals surface area contributed by atoms with Gasteiger partial charge in [-0.15, -0.1) is 0 Å². The van der Waals surface area contributed by atoms with Crippen LogP contribution in [0, 0.1) is 39.4 Å². The number of cyclic esters (lactones) is 1. The van der Waals surface area contributed by atoms with E-state index in [0.717, 1.165) is 21.0 Å². The SMILES string of the molecule is C=C1C[C@@]2(O)[C@@H]3CC[C@@]4(C)[C@@H]5C=CC(=O)OC[C@]5([C@@H](C)OC(C)=O)C(OC(C)=O)[C@@H](OC(C)=O)[C@@H]4[C@@]3(C)[C@H](OC(C)=O)[C@H](OC(C)=O)[C@@]2(C)[C@]2(C(=O)OC)O[C@H]12.S.S.S.S.S.S. The molecular weight excluding hydrogens is 929 g/mol. The Kier molecular flexibility index (Phi) is 19.4. The number of carbonyl (C=O) groups is 7. The van der Waals surface area contributed by atoms with Crippen molar-refractivity contribution < 1.29 is 76.6 Å². The monoisotopic (exact) mass is 992 g/mol. The lowest BCUT2D eigenvalue weighted by Gasteiger charge is -2.74. The van der Waals surface area contributed by atoms with Crippen molar-refractivity contribution in [2.75, 3.05) is 13.7 Å². The maximum Gasteiger partial charge on any atom is 0.342 e. The normalized spacial score (nSPS) is 40.6. The average molecular weight is 993 g/mol. The van der Waals surface area contributed by atoms with Crippen molar-refractivity contribution in [1.29, 1.82) is 0 Å². The van der Waals surface area contributed by atoms with E-state index in [9.17, 15) is 38.7 Å². The second-order valence-electron chi connectivity index (χ2n) is 17.1. The average Bonchev–Trinajstić information content (AvgIpc) is 3.87. The van der Waals surface area contributed by atoms with E-state index in [1.54, 1.807) is 26.8 Å². The van der Waals surface area contributed by atoms with E-state index in [2.05, 4.69) is 6.58 Å². The summed E-state index contributed by atoms with van der Waals surface area (Å²) in [6, 6.07) is 0. The maximum atomic E-state index is 13.9. The summed E-state index contributed by atoms with van der Waals surface area (Å²) < 4.78 is 47.9. The number of ether oxygens (including phenoxy) is 8. The highest BCUT2D eigenvalue weighted by Gasteiger charge is 2.91. The molecule has 6 aliphatic rings. The van der Waals surface area contributed by atoms with E-state index in [1.165, 1.54) is 26.8 Å². The summed E-state index contributed by atoms with van der Waals surface area (Å²) in [5.41, 5.74) is -9.66. The molecule has 356 valence electrons. The Morgan fingerprint density at radius 2 is 1.32 bits per heavy atom. The van der Waals surface area contributed by atoms with Gasteiger partial charge in [-0.1, -0.05) is 26.5 Å². The van der Waals surface area contributed by atoms with Gasteiger partial charge in [0.1, 0.15) is 31.0 Å². The van der Waals surface area contributed by atoms with E-state index in [-0.39, 0.29) is 100 Å². The standard InChI is InChI=1S/C40H52O16.6H2S/c1-18-16-39(48)26-14-15-35(8)25-12-13-27(46)50-17-38(25,19(2)51-20(3)41)31(53-22(5)43)28(52-21(4)42)29(35)36(26,9)32(54-23(6)44)33(55-24(7)45)37(39,10)40(30(18)56-40)34(47)49-11;;;;;;/h12-13,19,25-26,28-33,48H,1,14-17H2,2-11H3;6*1H2/t19-,25+,26-,28+,29+,30-,31?,32-,33+,35+,36+,37-,38-,39-,40+;;;;;;/m1....../s1. The third-order valence-corrected chi connectivity index (χ3v) is 14.4. The van der Waals surface area contributed by atoms with Gasteiger partial charge in [-0.25, -0.2) is 9.59 Å². The minimum atomic E-state index is -2.01. The van der Waals surface area contributed by atoms with Crippen LogP contribution in [0.1, 0.15) is 81.6 Å². The topological polar surface area (TPSA) is 217 Å². The van der Waals surface area contributed by atoms with Gasteiger partial charge in [-0.2, -0.15) is 81.0 Å². The molecule has 0 amide bonds. The number of aliphatic hydroxyl groups is 1. The molecule has 2 aliphatic heterocycles. The fourth-order valence-corrected chi connectivity index (χ4v) is 12.6. The molecule has 0 bridgehead atoms. The quantitative estimate of drug-likeness (QED) is 0.168. The lowest BCUT2D eigenvalue weighted by atomic mass is 9.31. The first-order valence-corrected chi connectivity index (χ1v) is 18.8. The first-order valence-electron chi connectivity index (χ1n) is 18.8. The number of methoxy groups -OCH3 is 1. The summed E-state index contributed by atoms with van der Waals surface area (Å²) in [7, 11) is 1.16. The maximum absolute atomic E-state index is 13.9. The Morgan fingerprint density at radius 3 is 1.82 bits per heavy atom. The van der Waals surface area contributed by atoms with E-state index in [1.807, 2.05) is 6.92 Å². The molecule has 0 aromatic heterocycles. The molecule has 0 spiro atoms. The third kappa shape index (κ3) is 8.20. The number of esters is 7. The Balaban J connectivity index is 0.00000620. The van der Waals surface area contributed by atoms with Gasteiger partial charge < -0.3 is 43.0 Å². The van der Waals surface area contributed by atoms with E-state index in [4.69, 9.17) is 37.9 Å². The fraction of sp³-hybridized carbons (Fsp3) is 0.725. The summed E-state index contributed by atoms with van der Waals surface area (Å²) in [4.78, 5) is 92.7. The summed E-state index contributed by atoms with van der Waals surface area (Å²) in [5, 5.41) is 13.6. The minimum Gasteiger partial charge on any atom is -0.467 e. The molecule has 4 saturated carbocycles. The molecule has 15 atom stereocenters. The lowest BCUT2D eigenvalue weighted by molar-refractivity contribution is -0.357. The van der Waals surface area contributed by atoms with Gasteiger partial charge in [-0.05, 0) is 49.5 Å². The van der Waals surface area contributed by atoms with E-state index < -0.39 is 136 Å². The van der Waals surface area contributed by atoms with Crippen molar-refractivity contribution in [2.24, 2.45) is 39.4 Å². The number of carbonyl (C=O) groups excluding carboxylic acids is 7.